The number of rotatable bonds is 56. The molecule has 0 aromatic rings. The maximum atomic E-state index is 13.1. The molecule has 1 aliphatic rings. The summed E-state index contributed by atoms with van der Waals surface area (Å²) in [6.07, 6.45) is 62.7. The summed E-state index contributed by atoms with van der Waals surface area (Å²) in [6, 6.07) is -0.819. The fourth-order valence-electron chi connectivity index (χ4n) is 10.5. The average molecular weight is 1030 g/mol. The van der Waals surface area contributed by atoms with Gasteiger partial charge in [0.05, 0.1) is 25.4 Å². The van der Waals surface area contributed by atoms with Gasteiger partial charge in [-0.2, -0.15) is 0 Å². The Balaban J connectivity index is 2.15. The number of hydrogen-bond acceptors (Lipinski definition) is 8. The highest BCUT2D eigenvalue weighted by atomic mass is 16.7. The Bertz CT molecular complexity index is 1200. The van der Waals surface area contributed by atoms with Crippen molar-refractivity contribution in [3.05, 3.63) is 24.3 Å². The number of hydrogen-bond donors (Lipinski definition) is 6. The molecule has 1 aliphatic heterocycles. The molecule has 0 bridgehead atoms. The molecule has 0 spiro atoms. The second-order valence-electron chi connectivity index (χ2n) is 22.6. The molecule has 9 heteroatoms. The second kappa shape index (κ2) is 54.0. The fourth-order valence-corrected chi connectivity index (χ4v) is 10.5. The van der Waals surface area contributed by atoms with E-state index in [0.29, 0.717) is 6.42 Å². The van der Waals surface area contributed by atoms with Gasteiger partial charge in [-0.25, -0.2) is 0 Å². The van der Waals surface area contributed by atoms with Gasteiger partial charge in [0, 0.05) is 6.42 Å². The van der Waals surface area contributed by atoms with Gasteiger partial charge in [0.15, 0.2) is 6.29 Å². The third-order valence-electron chi connectivity index (χ3n) is 15.5. The van der Waals surface area contributed by atoms with Crippen molar-refractivity contribution in [1.82, 2.24) is 5.32 Å². The van der Waals surface area contributed by atoms with Crippen molar-refractivity contribution in [2.75, 3.05) is 13.2 Å². The Kier molecular flexibility index (Phi) is 51.6. The Hall–Kier alpha value is -1.33. The topological polar surface area (TPSA) is 149 Å². The lowest BCUT2D eigenvalue weighted by Gasteiger charge is -2.40. The molecule has 7 unspecified atom stereocenters. The molecule has 1 saturated heterocycles. The zero-order valence-corrected chi connectivity index (χ0v) is 48.2. The van der Waals surface area contributed by atoms with E-state index in [2.05, 4.69) is 31.3 Å². The SMILES string of the molecule is CCCCCCCCCCCCCCCC/C=C/CC/C=C/C(O)C(COC1OC(CO)C(O)C(O)C1O)NC(=O)CCCCCCCCCCCCCCCCCCCCCCCCCCCCCCCC. The van der Waals surface area contributed by atoms with Gasteiger partial charge in [-0.1, -0.05) is 308 Å². The summed E-state index contributed by atoms with van der Waals surface area (Å²) in [5.41, 5.74) is 0. The maximum absolute atomic E-state index is 13.1. The van der Waals surface area contributed by atoms with Crippen molar-refractivity contribution in [2.45, 2.75) is 365 Å². The lowest BCUT2D eigenvalue weighted by Crippen LogP contribution is -2.60. The van der Waals surface area contributed by atoms with Crippen LogP contribution in [-0.4, -0.2) is 87.5 Å². The molecule has 0 radical (unpaired) electrons. The average Bonchev–Trinajstić information content (AvgIpc) is 3.39. The van der Waals surface area contributed by atoms with Crippen LogP contribution in [0.1, 0.15) is 322 Å². The Labute approximate surface area is 451 Å². The molecule has 7 atom stereocenters. The highest BCUT2D eigenvalue weighted by Gasteiger charge is 2.44. The first-order valence-electron chi connectivity index (χ1n) is 32.1. The van der Waals surface area contributed by atoms with E-state index in [-0.39, 0.29) is 12.5 Å². The van der Waals surface area contributed by atoms with Crippen LogP contribution >= 0.6 is 0 Å². The second-order valence-corrected chi connectivity index (χ2v) is 22.6. The maximum Gasteiger partial charge on any atom is 0.220 e. The van der Waals surface area contributed by atoms with Crippen LogP contribution in [0.25, 0.3) is 0 Å². The largest absolute Gasteiger partial charge is 0.394 e. The van der Waals surface area contributed by atoms with Crippen molar-refractivity contribution in [3.8, 4) is 0 Å². The summed E-state index contributed by atoms with van der Waals surface area (Å²) in [5, 5.41) is 54.6. The van der Waals surface area contributed by atoms with Gasteiger partial charge in [-0.3, -0.25) is 4.79 Å². The van der Waals surface area contributed by atoms with Gasteiger partial charge in [-0.05, 0) is 32.1 Å². The van der Waals surface area contributed by atoms with Crippen LogP contribution < -0.4 is 5.32 Å². The predicted molar refractivity (Wildman–Crippen MR) is 309 cm³/mol. The number of aliphatic hydroxyl groups is 5. The summed E-state index contributed by atoms with van der Waals surface area (Å²) >= 11 is 0. The number of aliphatic hydroxyl groups excluding tert-OH is 5. The summed E-state index contributed by atoms with van der Waals surface area (Å²) < 4.78 is 11.3. The molecule has 1 rings (SSSR count). The highest BCUT2D eigenvalue weighted by Crippen LogP contribution is 2.23. The third-order valence-corrected chi connectivity index (χ3v) is 15.5. The summed E-state index contributed by atoms with van der Waals surface area (Å²) in [4.78, 5) is 13.1. The Morgan fingerprint density at radius 3 is 1.15 bits per heavy atom. The summed E-state index contributed by atoms with van der Waals surface area (Å²) in [7, 11) is 0. The molecule has 432 valence electrons. The number of nitrogens with one attached hydrogen (secondary N) is 1. The summed E-state index contributed by atoms with van der Waals surface area (Å²) in [6.45, 7) is 3.81. The lowest BCUT2D eigenvalue weighted by atomic mass is 9.99. The molecule has 0 aromatic heterocycles. The summed E-state index contributed by atoms with van der Waals surface area (Å²) in [5.74, 6) is -0.179. The minimum atomic E-state index is -1.57. The molecule has 6 N–H and O–H groups in total. The normalized spacial score (nSPS) is 19.1. The standard InChI is InChI=1S/C64H123NO8/c1-3-5-7-9-11-13-15-17-19-21-23-25-26-27-28-29-30-31-32-33-34-36-38-40-42-44-46-48-50-52-54-60(68)65-57(56-72-64-63(71)62(70)61(69)59(55-66)73-64)58(67)53-51-49-47-45-43-41-39-37-35-24-22-20-18-16-14-12-10-8-6-4-2/h43,45,51,53,57-59,61-64,66-67,69-71H,3-42,44,46-50,52,54-56H2,1-2H3,(H,65,68)/b45-43+,53-51+. The van der Waals surface area contributed by atoms with E-state index in [1.54, 1.807) is 6.08 Å². The first kappa shape index (κ1) is 69.7. The van der Waals surface area contributed by atoms with E-state index in [9.17, 15) is 30.3 Å². The molecule has 73 heavy (non-hydrogen) atoms. The molecule has 9 nitrogen and oxygen atoms in total. The van der Waals surface area contributed by atoms with Crippen LogP contribution in [-0.2, 0) is 14.3 Å². The van der Waals surface area contributed by atoms with Crippen molar-refractivity contribution < 1.29 is 39.8 Å². The van der Waals surface area contributed by atoms with Gasteiger partial charge in [0.2, 0.25) is 5.91 Å². The monoisotopic (exact) mass is 1030 g/mol. The zero-order chi connectivity index (χ0) is 52.9. The molecule has 0 aromatic carbocycles. The molecule has 1 amide bonds. The van der Waals surface area contributed by atoms with Crippen molar-refractivity contribution >= 4 is 5.91 Å². The van der Waals surface area contributed by atoms with E-state index in [1.807, 2.05) is 6.08 Å². The zero-order valence-electron chi connectivity index (χ0n) is 48.2. The van der Waals surface area contributed by atoms with Gasteiger partial charge >= 0.3 is 0 Å². The number of carbonyl (C=O) groups excluding carboxylic acids is 1. The molecular weight excluding hydrogens is 911 g/mol. The predicted octanol–water partition coefficient (Wildman–Crippen LogP) is 16.5. The van der Waals surface area contributed by atoms with Gasteiger partial charge < -0.3 is 40.3 Å². The quantitative estimate of drug-likeness (QED) is 0.0261. The molecule has 0 aliphatic carbocycles. The smallest absolute Gasteiger partial charge is 0.220 e. The van der Waals surface area contributed by atoms with Crippen molar-refractivity contribution in [1.29, 1.82) is 0 Å². The Morgan fingerprint density at radius 2 is 0.781 bits per heavy atom. The molecule has 0 saturated carbocycles. The van der Waals surface area contributed by atoms with Crippen LogP contribution in [0.4, 0.5) is 0 Å². The van der Waals surface area contributed by atoms with Crippen LogP contribution in [0.2, 0.25) is 0 Å². The van der Waals surface area contributed by atoms with Crippen LogP contribution in [0, 0.1) is 0 Å². The first-order chi connectivity index (χ1) is 35.8. The van der Waals surface area contributed by atoms with Gasteiger partial charge in [0.1, 0.15) is 24.4 Å². The molecule has 1 heterocycles. The van der Waals surface area contributed by atoms with E-state index >= 15 is 0 Å². The highest BCUT2D eigenvalue weighted by molar-refractivity contribution is 5.76. The number of allylic oxidation sites excluding steroid dienone is 3. The van der Waals surface area contributed by atoms with E-state index < -0.39 is 49.5 Å². The van der Waals surface area contributed by atoms with E-state index in [4.69, 9.17) is 9.47 Å². The van der Waals surface area contributed by atoms with E-state index in [0.717, 1.165) is 38.5 Å². The van der Waals surface area contributed by atoms with Crippen LogP contribution in [0.5, 0.6) is 0 Å². The van der Waals surface area contributed by atoms with E-state index in [1.165, 1.54) is 263 Å². The fraction of sp³-hybridized carbons (Fsp3) is 0.922. The Morgan fingerprint density at radius 1 is 0.452 bits per heavy atom. The number of carbonyl (C=O) groups is 1. The van der Waals surface area contributed by atoms with Crippen LogP contribution in [0.15, 0.2) is 24.3 Å². The van der Waals surface area contributed by atoms with Gasteiger partial charge in [0.25, 0.3) is 0 Å². The van der Waals surface area contributed by atoms with Gasteiger partial charge in [-0.15, -0.1) is 0 Å². The van der Waals surface area contributed by atoms with Crippen molar-refractivity contribution in [2.24, 2.45) is 0 Å². The number of unbranched alkanes of at least 4 members (excludes halogenated alkanes) is 44. The number of ether oxygens (including phenoxy) is 2. The molecular formula is C64H123NO8. The minimum absolute atomic E-state index is 0.179. The molecule has 1 fully saturated rings. The van der Waals surface area contributed by atoms with Crippen molar-refractivity contribution in [3.63, 3.8) is 0 Å². The van der Waals surface area contributed by atoms with Crippen LogP contribution in [0.3, 0.4) is 0 Å². The first-order valence-corrected chi connectivity index (χ1v) is 32.1. The number of amides is 1. The third kappa shape index (κ3) is 43.4. The lowest BCUT2D eigenvalue weighted by molar-refractivity contribution is -0.302. The minimum Gasteiger partial charge on any atom is -0.394 e.